The topological polar surface area (TPSA) is 52.6 Å². The Balaban J connectivity index is 1.77. The van der Waals surface area contributed by atoms with Gasteiger partial charge in [0.05, 0.1) is 5.02 Å². The van der Waals surface area contributed by atoms with Crippen molar-refractivity contribution < 1.29 is 19.1 Å². The smallest absolute Gasteiger partial charge is 0.306 e. The van der Waals surface area contributed by atoms with Gasteiger partial charge in [-0.15, -0.1) is 0 Å². The van der Waals surface area contributed by atoms with Gasteiger partial charge in [-0.2, -0.15) is 0 Å². The molecule has 0 aliphatic rings. The van der Waals surface area contributed by atoms with Gasteiger partial charge in [-0.25, -0.2) is 0 Å². The van der Waals surface area contributed by atoms with Crippen LogP contribution in [0.2, 0.25) is 5.02 Å². The van der Waals surface area contributed by atoms with Crippen molar-refractivity contribution in [3.63, 3.8) is 0 Å². The van der Waals surface area contributed by atoms with Gasteiger partial charge in [-0.1, -0.05) is 114 Å². The quantitative estimate of drug-likeness (QED) is 0.103. The Kier molecular flexibility index (Phi) is 15.0. The lowest BCUT2D eigenvalue weighted by molar-refractivity contribution is -0.149. The van der Waals surface area contributed by atoms with Gasteiger partial charge in [0.15, 0.2) is 5.78 Å². The average molecular weight is 529 g/mol. The van der Waals surface area contributed by atoms with Gasteiger partial charge in [-0.3, -0.25) is 9.59 Å². The number of hydrogen-bond donors (Lipinski definition) is 0. The molecule has 0 amide bonds. The molecule has 0 heterocycles. The van der Waals surface area contributed by atoms with Gasteiger partial charge in [0.2, 0.25) is 0 Å². The SMILES string of the molecule is CCCCCCCCCCCC(=O)c1ccc(-c2ccc(OCC(C)OC(=O)CCCC)c(Cl)c2)cc1. The van der Waals surface area contributed by atoms with E-state index in [0.717, 1.165) is 42.4 Å². The Bertz CT molecular complexity index is 938. The van der Waals surface area contributed by atoms with Crippen LogP contribution >= 0.6 is 11.6 Å². The van der Waals surface area contributed by atoms with Crippen molar-refractivity contribution >= 4 is 23.4 Å². The molecule has 1 atom stereocenters. The van der Waals surface area contributed by atoms with E-state index in [1.165, 1.54) is 44.9 Å². The Morgan fingerprint density at radius 1 is 0.757 bits per heavy atom. The van der Waals surface area contributed by atoms with Crippen LogP contribution in [0.25, 0.3) is 11.1 Å². The normalized spacial score (nSPS) is 11.8. The molecule has 0 radical (unpaired) electrons. The lowest BCUT2D eigenvalue weighted by Crippen LogP contribution is -2.21. The molecule has 2 aromatic carbocycles. The first-order valence-electron chi connectivity index (χ1n) is 14.2. The number of hydrogen-bond acceptors (Lipinski definition) is 4. The summed E-state index contributed by atoms with van der Waals surface area (Å²) in [4.78, 5) is 24.3. The first-order chi connectivity index (χ1) is 17.9. The summed E-state index contributed by atoms with van der Waals surface area (Å²) in [5.74, 6) is 0.560. The molecule has 4 nitrogen and oxygen atoms in total. The Morgan fingerprint density at radius 2 is 1.35 bits per heavy atom. The van der Waals surface area contributed by atoms with Crippen LogP contribution < -0.4 is 4.74 Å². The van der Waals surface area contributed by atoms with Gasteiger partial charge >= 0.3 is 5.97 Å². The molecule has 0 N–H and O–H groups in total. The summed E-state index contributed by atoms with van der Waals surface area (Å²) in [6.07, 6.45) is 13.7. The predicted molar refractivity (Wildman–Crippen MR) is 154 cm³/mol. The van der Waals surface area contributed by atoms with Crippen LogP contribution in [0.1, 0.15) is 115 Å². The maximum Gasteiger partial charge on any atom is 0.306 e. The molecule has 1 unspecified atom stereocenters. The van der Waals surface area contributed by atoms with E-state index in [1.807, 2.05) is 56.3 Å². The number of carbonyl (C=O) groups excluding carboxylic acids is 2. The summed E-state index contributed by atoms with van der Waals surface area (Å²) in [5, 5.41) is 0.493. The third-order valence-electron chi connectivity index (χ3n) is 6.52. The molecule has 0 aliphatic heterocycles. The van der Waals surface area contributed by atoms with Crippen LogP contribution in [0.4, 0.5) is 0 Å². The minimum atomic E-state index is -0.347. The molecule has 0 saturated carbocycles. The standard InChI is InChI=1S/C32H45ClO4/c1-4-6-8-9-10-11-12-13-14-15-30(34)27-19-17-26(18-20-27)28-21-22-31(29(33)23-28)36-24-25(3)37-32(35)16-7-5-2/h17-23,25H,4-16,24H2,1-3H3. The maximum absolute atomic E-state index is 12.6. The maximum atomic E-state index is 12.6. The molecular formula is C32H45ClO4. The first kappa shape index (κ1) is 30.9. The van der Waals surface area contributed by atoms with Crippen molar-refractivity contribution in [1.82, 2.24) is 0 Å². The fourth-order valence-electron chi connectivity index (χ4n) is 4.23. The summed E-state index contributed by atoms with van der Waals surface area (Å²) in [6, 6.07) is 13.4. The third-order valence-corrected chi connectivity index (χ3v) is 6.82. The molecule has 2 aromatic rings. The second kappa shape index (κ2) is 18.0. The molecule has 0 fully saturated rings. The zero-order valence-corrected chi connectivity index (χ0v) is 23.8. The number of Topliss-reactive ketones (excluding diaryl/α,β-unsaturated/α-hetero) is 1. The average Bonchev–Trinajstić information content (AvgIpc) is 2.90. The van der Waals surface area contributed by atoms with Crippen LogP contribution in [0.3, 0.4) is 0 Å². The molecular weight excluding hydrogens is 484 g/mol. The number of esters is 1. The van der Waals surface area contributed by atoms with E-state index < -0.39 is 0 Å². The highest BCUT2D eigenvalue weighted by Gasteiger charge is 2.12. The number of ketones is 1. The molecule has 0 spiro atoms. The lowest BCUT2D eigenvalue weighted by atomic mass is 9.99. The second-order valence-electron chi connectivity index (χ2n) is 9.94. The fraction of sp³-hybridized carbons (Fsp3) is 0.562. The molecule has 0 bridgehead atoms. The summed E-state index contributed by atoms with van der Waals surface area (Å²) in [6.45, 7) is 6.34. The van der Waals surface area contributed by atoms with E-state index >= 15 is 0 Å². The second-order valence-corrected chi connectivity index (χ2v) is 10.3. The number of rotatable bonds is 19. The van der Waals surface area contributed by atoms with Crippen molar-refractivity contribution in [1.29, 1.82) is 0 Å². The van der Waals surface area contributed by atoms with Crippen LogP contribution in [0.5, 0.6) is 5.75 Å². The minimum absolute atomic E-state index is 0.200. The molecule has 0 saturated heterocycles. The molecule has 0 aromatic heterocycles. The number of benzene rings is 2. The van der Waals surface area contributed by atoms with Gasteiger partial charge in [0.25, 0.3) is 0 Å². The van der Waals surface area contributed by atoms with Crippen LogP contribution in [0.15, 0.2) is 42.5 Å². The van der Waals surface area contributed by atoms with Gasteiger partial charge in [0.1, 0.15) is 18.5 Å². The number of unbranched alkanes of at least 4 members (excludes halogenated alkanes) is 9. The van der Waals surface area contributed by atoms with Crippen LogP contribution in [0, 0.1) is 0 Å². The van der Waals surface area contributed by atoms with E-state index in [4.69, 9.17) is 21.1 Å². The van der Waals surface area contributed by atoms with E-state index in [1.54, 1.807) is 0 Å². The monoisotopic (exact) mass is 528 g/mol. The first-order valence-corrected chi connectivity index (χ1v) is 14.6. The predicted octanol–water partition coefficient (Wildman–Crippen LogP) is 9.61. The summed E-state index contributed by atoms with van der Waals surface area (Å²) in [7, 11) is 0. The number of ether oxygens (including phenoxy) is 2. The van der Waals surface area contributed by atoms with Gasteiger partial charge < -0.3 is 9.47 Å². The summed E-state index contributed by atoms with van der Waals surface area (Å²) >= 11 is 6.46. The summed E-state index contributed by atoms with van der Waals surface area (Å²) in [5.41, 5.74) is 2.71. The summed E-state index contributed by atoms with van der Waals surface area (Å²) < 4.78 is 11.1. The van der Waals surface area contributed by atoms with Gasteiger partial charge in [-0.05, 0) is 43.0 Å². The van der Waals surface area contributed by atoms with Crippen molar-refractivity contribution in [2.75, 3.05) is 6.61 Å². The molecule has 204 valence electrons. The lowest BCUT2D eigenvalue weighted by Gasteiger charge is -2.15. The zero-order chi connectivity index (χ0) is 26.9. The molecule has 37 heavy (non-hydrogen) atoms. The highest BCUT2D eigenvalue weighted by atomic mass is 35.5. The Morgan fingerprint density at radius 3 is 1.97 bits per heavy atom. The molecule has 5 heteroatoms. The van der Waals surface area contributed by atoms with Crippen LogP contribution in [-0.2, 0) is 9.53 Å². The fourth-order valence-corrected chi connectivity index (χ4v) is 4.47. The van der Waals surface area contributed by atoms with Crippen LogP contribution in [-0.4, -0.2) is 24.5 Å². The zero-order valence-electron chi connectivity index (χ0n) is 23.0. The van der Waals surface area contributed by atoms with Gasteiger partial charge in [0, 0.05) is 18.4 Å². The highest BCUT2D eigenvalue weighted by molar-refractivity contribution is 6.32. The molecule has 2 rings (SSSR count). The van der Waals surface area contributed by atoms with Crippen molar-refractivity contribution in [2.45, 2.75) is 110 Å². The van der Waals surface area contributed by atoms with E-state index in [9.17, 15) is 9.59 Å². The largest absolute Gasteiger partial charge is 0.488 e. The van der Waals surface area contributed by atoms with E-state index in [-0.39, 0.29) is 24.5 Å². The Labute approximate surface area is 229 Å². The van der Waals surface area contributed by atoms with Crippen molar-refractivity contribution in [3.8, 4) is 16.9 Å². The third kappa shape index (κ3) is 12.2. The van der Waals surface area contributed by atoms with E-state index in [2.05, 4.69) is 6.92 Å². The number of halogens is 1. The highest BCUT2D eigenvalue weighted by Crippen LogP contribution is 2.31. The minimum Gasteiger partial charge on any atom is -0.488 e. The number of carbonyl (C=O) groups is 2. The Hall–Kier alpha value is -2.33. The molecule has 0 aliphatic carbocycles. The van der Waals surface area contributed by atoms with Crippen molar-refractivity contribution in [3.05, 3.63) is 53.1 Å². The van der Waals surface area contributed by atoms with E-state index in [0.29, 0.717) is 23.6 Å². The van der Waals surface area contributed by atoms with Crippen molar-refractivity contribution in [2.24, 2.45) is 0 Å².